The molecule has 10 heteroatoms. The lowest BCUT2D eigenvalue weighted by atomic mass is 10.2. The van der Waals surface area contributed by atoms with Gasteiger partial charge in [0.1, 0.15) is 11.2 Å². The summed E-state index contributed by atoms with van der Waals surface area (Å²) in [5, 5.41) is 13.6. The first kappa shape index (κ1) is 19.4. The monoisotopic (exact) mass is 407 g/mol. The van der Waals surface area contributed by atoms with Crippen molar-refractivity contribution in [3.05, 3.63) is 46.2 Å². The van der Waals surface area contributed by atoms with Gasteiger partial charge in [-0.3, -0.25) is 9.48 Å². The molecule has 0 saturated carbocycles. The number of aryl methyl sites for hydroxylation is 2. The third-order valence-electron chi connectivity index (χ3n) is 4.52. The highest BCUT2D eigenvalue weighted by Crippen LogP contribution is 2.24. The summed E-state index contributed by atoms with van der Waals surface area (Å²) in [6, 6.07) is 8.01. The minimum atomic E-state index is -3.80. The van der Waals surface area contributed by atoms with Gasteiger partial charge in [-0.05, 0) is 19.1 Å². The second-order valence-corrected chi connectivity index (χ2v) is 8.44. The van der Waals surface area contributed by atoms with E-state index < -0.39 is 10.0 Å². The number of sulfonamides is 1. The van der Waals surface area contributed by atoms with Crippen molar-refractivity contribution in [2.45, 2.75) is 11.8 Å². The number of hydrogen-bond donors (Lipinski definition) is 0. The van der Waals surface area contributed by atoms with Gasteiger partial charge in [0.25, 0.3) is 5.91 Å². The molecule has 0 unspecified atom stereocenters. The molecule has 2 aromatic rings. The summed E-state index contributed by atoms with van der Waals surface area (Å²) >= 11 is 6.16. The molecule has 1 fully saturated rings. The largest absolute Gasteiger partial charge is 0.336 e. The molecular weight excluding hydrogens is 390 g/mol. The highest BCUT2D eigenvalue weighted by atomic mass is 35.5. The first-order chi connectivity index (χ1) is 12.8. The van der Waals surface area contributed by atoms with Crippen LogP contribution in [0.3, 0.4) is 0 Å². The predicted molar refractivity (Wildman–Crippen MR) is 98.8 cm³/mol. The lowest BCUT2D eigenvalue weighted by Crippen LogP contribution is -2.50. The number of halogens is 1. The minimum absolute atomic E-state index is 0.0153. The van der Waals surface area contributed by atoms with Crippen molar-refractivity contribution in [1.82, 2.24) is 19.0 Å². The first-order valence-electron chi connectivity index (χ1n) is 8.25. The van der Waals surface area contributed by atoms with Crippen LogP contribution in [-0.4, -0.2) is 59.5 Å². The molecule has 1 saturated heterocycles. The van der Waals surface area contributed by atoms with Gasteiger partial charge in [0.2, 0.25) is 10.0 Å². The number of rotatable bonds is 3. The fourth-order valence-corrected chi connectivity index (χ4v) is 4.91. The van der Waals surface area contributed by atoms with Crippen LogP contribution in [-0.2, 0) is 17.1 Å². The zero-order chi connectivity index (χ0) is 19.8. The summed E-state index contributed by atoms with van der Waals surface area (Å²) in [7, 11) is -2.14. The molecule has 142 valence electrons. The number of amides is 1. The standard InChI is InChI=1S/C17H18ClN5O3S/c1-12-15(16(18)21(2)20-12)17(24)22-7-9-23(10-8-22)27(25,26)14-6-4-3-5-13(14)11-19/h3-6H,7-10H2,1-2H3. The highest BCUT2D eigenvalue weighted by molar-refractivity contribution is 7.89. The Morgan fingerprint density at radius 2 is 1.85 bits per heavy atom. The van der Waals surface area contributed by atoms with Gasteiger partial charge >= 0.3 is 0 Å². The van der Waals surface area contributed by atoms with Gasteiger partial charge in [0, 0.05) is 33.2 Å². The van der Waals surface area contributed by atoms with Crippen LogP contribution in [0.4, 0.5) is 0 Å². The van der Waals surface area contributed by atoms with E-state index >= 15 is 0 Å². The molecule has 0 bridgehead atoms. The van der Waals surface area contributed by atoms with Crippen LogP contribution in [0.25, 0.3) is 0 Å². The van der Waals surface area contributed by atoms with E-state index in [1.807, 2.05) is 6.07 Å². The van der Waals surface area contributed by atoms with Crippen molar-refractivity contribution in [3.8, 4) is 6.07 Å². The van der Waals surface area contributed by atoms with E-state index in [0.717, 1.165) is 0 Å². The molecule has 1 aliphatic heterocycles. The zero-order valence-corrected chi connectivity index (χ0v) is 16.5. The number of nitrogens with zero attached hydrogens (tertiary/aromatic N) is 5. The molecule has 1 aliphatic rings. The molecule has 1 aromatic heterocycles. The molecule has 2 heterocycles. The Hall–Kier alpha value is -2.41. The van der Waals surface area contributed by atoms with E-state index in [0.29, 0.717) is 11.3 Å². The van der Waals surface area contributed by atoms with E-state index in [4.69, 9.17) is 16.9 Å². The lowest BCUT2D eigenvalue weighted by Gasteiger charge is -2.34. The molecule has 3 rings (SSSR count). The van der Waals surface area contributed by atoms with Crippen LogP contribution < -0.4 is 0 Å². The van der Waals surface area contributed by atoms with Gasteiger partial charge < -0.3 is 4.90 Å². The fourth-order valence-electron chi connectivity index (χ4n) is 3.09. The van der Waals surface area contributed by atoms with E-state index in [1.165, 1.54) is 21.1 Å². The van der Waals surface area contributed by atoms with E-state index in [-0.39, 0.29) is 47.7 Å². The molecule has 0 aliphatic carbocycles. The quantitative estimate of drug-likeness (QED) is 0.765. The molecule has 0 radical (unpaired) electrons. The fraction of sp³-hybridized carbons (Fsp3) is 0.353. The first-order valence-corrected chi connectivity index (χ1v) is 10.1. The Balaban J connectivity index is 1.77. The maximum atomic E-state index is 12.9. The summed E-state index contributed by atoms with van der Waals surface area (Å²) in [4.78, 5) is 14.3. The van der Waals surface area contributed by atoms with Crippen molar-refractivity contribution >= 4 is 27.5 Å². The molecule has 0 N–H and O–H groups in total. The smallest absolute Gasteiger partial charge is 0.258 e. The van der Waals surface area contributed by atoms with Gasteiger partial charge in [0.05, 0.1) is 21.7 Å². The number of carbonyl (C=O) groups excluding carboxylic acids is 1. The van der Waals surface area contributed by atoms with Crippen molar-refractivity contribution < 1.29 is 13.2 Å². The maximum Gasteiger partial charge on any atom is 0.258 e. The van der Waals surface area contributed by atoms with Crippen LogP contribution in [0.5, 0.6) is 0 Å². The van der Waals surface area contributed by atoms with E-state index in [1.54, 1.807) is 31.0 Å². The average Bonchev–Trinajstić information content (AvgIpc) is 2.93. The Bertz CT molecular complexity index is 1030. The van der Waals surface area contributed by atoms with Crippen LogP contribution in [0.2, 0.25) is 5.15 Å². The summed E-state index contributed by atoms with van der Waals surface area (Å²) in [5.41, 5.74) is 0.976. The molecule has 0 spiro atoms. The van der Waals surface area contributed by atoms with Gasteiger partial charge in [-0.15, -0.1) is 0 Å². The number of benzene rings is 1. The third-order valence-corrected chi connectivity index (χ3v) is 6.91. The van der Waals surface area contributed by atoms with Crippen LogP contribution in [0, 0.1) is 18.3 Å². The number of aromatic nitrogens is 2. The second-order valence-electron chi connectivity index (χ2n) is 6.18. The highest BCUT2D eigenvalue weighted by Gasteiger charge is 2.33. The Kier molecular flexibility index (Phi) is 5.24. The molecule has 1 aromatic carbocycles. The van der Waals surface area contributed by atoms with Crippen LogP contribution >= 0.6 is 11.6 Å². The number of piperazine rings is 1. The van der Waals surface area contributed by atoms with Gasteiger partial charge in [0.15, 0.2) is 0 Å². The molecule has 0 atom stereocenters. The van der Waals surface area contributed by atoms with E-state index in [2.05, 4.69) is 5.10 Å². The maximum absolute atomic E-state index is 12.9. The minimum Gasteiger partial charge on any atom is -0.336 e. The van der Waals surface area contributed by atoms with Gasteiger partial charge in [-0.1, -0.05) is 23.7 Å². The summed E-state index contributed by atoms with van der Waals surface area (Å²) < 4.78 is 28.5. The predicted octanol–water partition coefficient (Wildman–Crippen LogP) is 1.40. The molecule has 8 nitrogen and oxygen atoms in total. The van der Waals surface area contributed by atoms with Crippen LogP contribution in [0.15, 0.2) is 29.2 Å². The number of nitriles is 1. The lowest BCUT2D eigenvalue weighted by molar-refractivity contribution is 0.0697. The summed E-state index contributed by atoms with van der Waals surface area (Å²) in [6.45, 7) is 2.46. The summed E-state index contributed by atoms with van der Waals surface area (Å²) in [5.74, 6) is -0.264. The Labute approximate surface area is 162 Å². The second kappa shape index (κ2) is 7.31. The number of hydrogen-bond acceptors (Lipinski definition) is 5. The van der Waals surface area contributed by atoms with Crippen molar-refractivity contribution in [2.24, 2.45) is 7.05 Å². The number of carbonyl (C=O) groups is 1. The van der Waals surface area contributed by atoms with Crippen molar-refractivity contribution in [3.63, 3.8) is 0 Å². The topological polar surface area (TPSA) is 99.3 Å². The molecule has 27 heavy (non-hydrogen) atoms. The van der Waals surface area contributed by atoms with E-state index in [9.17, 15) is 13.2 Å². The SMILES string of the molecule is Cc1nn(C)c(Cl)c1C(=O)N1CCN(S(=O)(=O)c2ccccc2C#N)CC1. The van der Waals surface area contributed by atoms with Crippen molar-refractivity contribution in [2.75, 3.05) is 26.2 Å². The molecular formula is C17H18ClN5O3S. The third kappa shape index (κ3) is 3.43. The van der Waals surface area contributed by atoms with Crippen molar-refractivity contribution in [1.29, 1.82) is 5.26 Å². The average molecular weight is 408 g/mol. The Morgan fingerprint density at radius 3 is 2.41 bits per heavy atom. The van der Waals surface area contributed by atoms with Gasteiger partial charge in [-0.25, -0.2) is 8.42 Å². The normalized spacial score (nSPS) is 15.6. The molecule has 1 amide bonds. The zero-order valence-electron chi connectivity index (χ0n) is 14.9. The van der Waals surface area contributed by atoms with Crippen LogP contribution in [0.1, 0.15) is 21.6 Å². The van der Waals surface area contributed by atoms with Gasteiger partial charge in [-0.2, -0.15) is 14.7 Å². The Morgan fingerprint density at radius 1 is 1.22 bits per heavy atom. The summed E-state index contributed by atoms with van der Waals surface area (Å²) in [6.07, 6.45) is 0.